The van der Waals surface area contributed by atoms with Gasteiger partial charge in [0, 0.05) is 62.6 Å². The summed E-state index contributed by atoms with van der Waals surface area (Å²) in [6.45, 7) is 8.35. The fourth-order valence-corrected chi connectivity index (χ4v) is 6.94. The Morgan fingerprint density at radius 2 is 1.86 bits per heavy atom. The lowest BCUT2D eigenvalue weighted by molar-refractivity contribution is -0.118. The van der Waals surface area contributed by atoms with Crippen LogP contribution in [-0.2, 0) is 14.3 Å². The topological polar surface area (TPSA) is 87.2 Å². The minimum Gasteiger partial charge on any atom is -0.389 e. The van der Waals surface area contributed by atoms with Crippen molar-refractivity contribution in [1.29, 1.82) is 0 Å². The predicted octanol–water partition coefficient (Wildman–Crippen LogP) is 3.14. The molecule has 3 aliphatic heterocycles. The zero-order valence-corrected chi connectivity index (χ0v) is 21.7. The Hall–Kier alpha value is -2.26. The molecule has 5 aliphatic rings. The van der Waals surface area contributed by atoms with Gasteiger partial charge in [-0.1, -0.05) is 0 Å². The average molecular weight is 507 g/mol. The molecule has 0 bridgehead atoms. The molecule has 2 N–H and O–H groups in total. The molecule has 2 aromatic rings. The summed E-state index contributed by atoms with van der Waals surface area (Å²) in [6, 6.07) is 6.67. The number of aliphatic hydroxyl groups excluding tert-OH is 1. The van der Waals surface area contributed by atoms with Crippen molar-refractivity contribution in [1.82, 2.24) is 9.88 Å². The summed E-state index contributed by atoms with van der Waals surface area (Å²) in [5.74, 6) is 1.46. The molecule has 1 amide bonds. The molecule has 8 heteroatoms. The number of benzene rings is 1. The SMILES string of the molecule is C[C@]1(N2CCN(c3cc4cc(NC(=O)[C@@H]5CC56CCOCC6)ncc4cc3C3CC3)CC2)COC[C@H]1O. The number of aliphatic hydroxyl groups is 1. The van der Waals surface area contributed by atoms with Crippen LogP contribution >= 0.6 is 0 Å². The van der Waals surface area contributed by atoms with Crippen molar-refractivity contribution in [3.63, 3.8) is 0 Å². The van der Waals surface area contributed by atoms with Crippen molar-refractivity contribution < 1.29 is 19.4 Å². The van der Waals surface area contributed by atoms with E-state index in [9.17, 15) is 9.90 Å². The van der Waals surface area contributed by atoms with Gasteiger partial charge in [-0.15, -0.1) is 0 Å². The minimum atomic E-state index is -0.431. The number of aromatic nitrogens is 1. The Morgan fingerprint density at radius 1 is 1.08 bits per heavy atom. The highest BCUT2D eigenvalue weighted by Crippen LogP contribution is 2.59. The van der Waals surface area contributed by atoms with Crippen molar-refractivity contribution in [3.8, 4) is 0 Å². The third kappa shape index (κ3) is 4.22. The zero-order valence-electron chi connectivity index (χ0n) is 21.7. The number of nitrogens with zero attached hydrogens (tertiary/aromatic N) is 3. The summed E-state index contributed by atoms with van der Waals surface area (Å²) in [5.41, 5.74) is 2.60. The minimum absolute atomic E-state index is 0.0867. The Morgan fingerprint density at radius 3 is 2.57 bits per heavy atom. The van der Waals surface area contributed by atoms with E-state index in [2.05, 4.69) is 39.2 Å². The molecule has 0 radical (unpaired) electrons. The van der Waals surface area contributed by atoms with Crippen LogP contribution < -0.4 is 10.2 Å². The smallest absolute Gasteiger partial charge is 0.229 e. The van der Waals surface area contributed by atoms with E-state index in [0.29, 0.717) is 24.9 Å². The Kier molecular flexibility index (Phi) is 5.73. The lowest BCUT2D eigenvalue weighted by Gasteiger charge is -2.45. The van der Waals surface area contributed by atoms with Crippen LogP contribution in [0.3, 0.4) is 0 Å². The first-order valence-electron chi connectivity index (χ1n) is 14.0. The fraction of sp³-hybridized carbons (Fsp3) is 0.655. The molecule has 1 aromatic carbocycles. The Labute approximate surface area is 218 Å². The van der Waals surface area contributed by atoms with Crippen LogP contribution in [0.1, 0.15) is 50.5 Å². The van der Waals surface area contributed by atoms with Gasteiger partial charge in [0.15, 0.2) is 0 Å². The first kappa shape index (κ1) is 23.8. The second-order valence-corrected chi connectivity index (χ2v) is 12.2. The fourth-order valence-electron chi connectivity index (χ4n) is 6.94. The standard InChI is InChI=1S/C29H38N4O4/c1-28(18-37-17-25(28)34)33-8-6-32(7-9-33)24-13-20-14-26(30-16-21(20)12-22(24)19-2-3-19)31-27(35)23-15-29(23)4-10-36-11-5-29/h12-14,16,19,23,25,34H,2-11,15,17-18H2,1H3,(H,30,31,35)/t23-,25+,28-/m0/s1. The van der Waals surface area contributed by atoms with Crippen molar-refractivity contribution in [3.05, 3.63) is 30.0 Å². The number of piperazine rings is 1. The van der Waals surface area contributed by atoms with Crippen molar-refractivity contribution in [2.45, 2.75) is 56.6 Å². The molecule has 2 saturated carbocycles. The summed E-state index contributed by atoms with van der Waals surface area (Å²) in [5, 5.41) is 15.9. The summed E-state index contributed by atoms with van der Waals surface area (Å²) in [6.07, 6.45) is 6.92. The zero-order chi connectivity index (χ0) is 25.2. The first-order valence-corrected chi connectivity index (χ1v) is 14.0. The number of ether oxygens (including phenoxy) is 2. The van der Waals surface area contributed by atoms with Gasteiger partial charge in [0.25, 0.3) is 0 Å². The van der Waals surface area contributed by atoms with E-state index in [-0.39, 0.29) is 22.8 Å². The van der Waals surface area contributed by atoms with Gasteiger partial charge in [-0.05, 0) is 79.5 Å². The summed E-state index contributed by atoms with van der Waals surface area (Å²) < 4.78 is 11.1. The van der Waals surface area contributed by atoms with E-state index < -0.39 is 6.10 Å². The van der Waals surface area contributed by atoms with Crippen LogP contribution in [-0.4, -0.2) is 85.1 Å². The van der Waals surface area contributed by atoms with Crippen LogP contribution in [0.2, 0.25) is 0 Å². The molecule has 2 aliphatic carbocycles. The number of hydrogen-bond acceptors (Lipinski definition) is 7. The van der Waals surface area contributed by atoms with Crippen LogP contribution in [0.5, 0.6) is 0 Å². The molecule has 1 spiro atoms. The monoisotopic (exact) mass is 506 g/mol. The molecule has 1 aromatic heterocycles. The molecule has 3 saturated heterocycles. The van der Waals surface area contributed by atoms with Crippen molar-refractivity contribution in [2.24, 2.45) is 11.3 Å². The number of anilines is 2. The third-order valence-corrected chi connectivity index (χ3v) is 9.86. The molecule has 0 unspecified atom stereocenters. The van der Waals surface area contributed by atoms with Gasteiger partial charge in [0.05, 0.1) is 24.9 Å². The number of carbonyl (C=O) groups excluding carboxylic acids is 1. The molecule has 3 atom stereocenters. The number of pyridine rings is 1. The highest BCUT2D eigenvalue weighted by molar-refractivity contribution is 5.97. The van der Waals surface area contributed by atoms with Crippen LogP contribution in [0, 0.1) is 11.3 Å². The van der Waals surface area contributed by atoms with Crippen molar-refractivity contribution >= 4 is 28.2 Å². The lowest BCUT2D eigenvalue weighted by Crippen LogP contribution is -2.60. The molecular formula is C29H38N4O4. The number of fused-ring (bicyclic) bond motifs is 1. The molecule has 8 nitrogen and oxygen atoms in total. The second kappa shape index (κ2) is 8.90. The number of nitrogens with one attached hydrogen (secondary N) is 1. The molecule has 37 heavy (non-hydrogen) atoms. The Bertz CT molecular complexity index is 1200. The number of hydrogen-bond donors (Lipinski definition) is 2. The molecule has 7 rings (SSSR count). The van der Waals surface area contributed by atoms with E-state index in [0.717, 1.165) is 69.4 Å². The third-order valence-electron chi connectivity index (χ3n) is 9.86. The molecule has 5 fully saturated rings. The van der Waals surface area contributed by atoms with Gasteiger partial charge in [-0.2, -0.15) is 0 Å². The predicted molar refractivity (Wildman–Crippen MR) is 142 cm³/mol. The van der Waals surface area contributed by atoms with Crippen LogP contribution in [0.25, 0.3) is 10.8 Å². The largest absolute Gasteiger partial charge is 0.389 e. The maximum atomic E-state index is 13.0. The number of carbonyl (C=O) groups is 1. The van der Waals surface area contributed by atoms with Gasteiger partial charge < -0.3 is 24.8 Å². The van der Waals surface area contributed by atoms with Crippen molar-refractivity contribution in [2.75, 3.05) is 62.8 Å². The maximum Gasteiger partial charge on any atom is 0.229 e. The van der Waals surface area contributed by atoms with Crippen LogP contribution in [0.4, 0.5) is 11.5 Å². The van der Waals surface area contributed by atoms with Gasteiger partial charge in [-0.25, -0.2) is 4.98 Å². The van der Waals surface area contributed by atoms with E-state index in [4.69, 9.17) is 9.47 Å². The van der Waals surface area contributed by atoms with Gasteiger partial charge in [-0.3, -0.25) is 9.69 Å². The van der Waals surface area contributed by atoms with Gasteiger partial charge >= 0.3 is 0 Å². The van der Waals surface area contributed by atoms with Crippen LogP contribution in [0.15, 0.2) is 24.4 Å². The highest BCUT2D eigenvalue weighted by Gasteiger charge is 2.58. The summed E-state index contributed by atoms with van der Waals surface area (Å²) >= 11 is 0. The molecular weight excluding hydrogens is 468 g/mol. The Balaban J connectivity index is 1.10. The van der Waals surface area contributed by atoms with Gasteiger partial charge in [0.2, 0.25) is 5.91 Å². The quantitative estimate of drug-likeness (QED) is 0.644. The highest BCUT2D eigenvalue weighted by atomic mass is 16.5. The van der Waals surface area contributed by atoms with Gasteiger partial charge in [0.1, 0.15) is 5.82 Å². The number of rotatable bonds is 5. The summed E-state index contributed by atoms with van der Waals surface area (Å²) in [7, 11) is 0. The van der Waals surface area contributed by atoms with E-state index in [1.165, 1.54) is 24.1 Å². The normalized spacial score (nSPS) is 31.7. The average Bonchev–Trinajstić information content (AvgIpc) is 3.84. The van der Waals surface area contributed by atoms with E-state index >= 15 is 0 Å². The lowest BCUT2D eigenvalue weighted by atomic mass is 9.93. The maximum absolute atomic E-state index is 13.0. The number of amides is 1. The molecule has 4 heterocycles. The second-order valence-electron chi connectivity index (χ2n) is 12.2. The van der Waals surface area contributed by atoms with E-state index in [1.54, 1.807) is 0 Å². The summed E-state index contributed by atoms with van der Waals surface area (Å²) in [4.78, 5) is 22.5. The van der Waals surface area contributed by atoms with E-state index in [1.807, 2.05) is 12.3 Å². The first-order chi connectivity index (χ1) is 18.0. The molecule has 198 valence electrons.